The molecule has 7 nitrogen and oxygen atoms in total. The highest BCUT2D eigenvalue weighted by molar-refractivity contribution is 7.07. The lowest BCUT2D eigenvalue weighted by molar-refractivity contribution is -0.384. The number of thiazole rings is 1. The molecule has 92 valence electrons. The van der Waals surface area contributed by atoms with Crippen molar-refractivity contribution in [3.05, 3.63) is 49.5 Å². The minimum absolute atomic E-state index is 0.0381. The SMILES string of the molecule is Cn1c(-c2ccc([N+](=O)[O-])cc2)cs/c1=N\N=O. The molecule has 0 amide bonds. The van der Waals surface area contributed by atoms with Crippen molar-refractivity contribution in [2.24, 2.45) is 17.4 Å². The topological polar surface area (TPSA) is 89.9 Å². The molecule has 0 unspecified atom stereocenters. The van der Waals surface area contributed by atoms with Crippen molar-refractivity contribution in [2.45, 2.75) is 0 Å². The van der Waals surface area contributed by atoms with Crippen molar-refractivity contribution < 1.29 is 4.92 Å². The Labute approximate surface area is 105 Å². The van der Waals surface area contributed by atoms with E-state index in [1.165, 1.54) is 23.5 Å². The van der Waals surface area contributed by atoms with E-state index in [9.17, 15) is 15.0 Å². The van der Waals surface area contributed by atoms with E-state index in [0.717, 1.165) is 11.3 Å². The van der Waals surface area contributed by atoms with Gasteiger partial charge in [-0.15, -0.1) is 16.2 Å². The number of hydrogen-bond donors (Lipinski definition) is 0. The van der Waals surface area contributed by atoms with E-state index < -0.39 is 4.92 Å². The van der Waals surface area contributed by atoms with E-state index in [2.05, 4.69) is 10.4 Å². The first-order valence-corrected chi connectivity index (χ1v) is 5.77. The summed E-state index contributed by atoms with van der Waals surface area (Å²) in [6, 6.07) is 6.17. The summed E-state index contributed by atoms with van der Waals surface area (Å²) in [5, 5.41) is 18.3. The molecule has 8 heteroatoms. The molecule has 1 heterocycles. The van der Waals surface area contributed by atoms with Gasteiger partial charge in [-0.25, -0.2) is 0 Å². The molecule has 0 atom stereocenters. The zero-order valence-electron chi connectivity index (χ0n) is 9.31. The van der Waals surface area contributed by atoms with Crippen molar-refractivity contribution in [2.75, 3.05) is 0 Å². The van der Waals surface area contributed by atoms with Gasteiger partial charge in [0.25, 0.3) is 5.69 Å². The summed E-state index contributed by atoms with van der Waals surface area (Å²) in [5.74, 6) is 0. The first-order valence-electron chi connectivity index (χ1n) is 4.89. The second-order valence-corrected chi connectivity index (χ2v) is 4.28. The Morgan fingerprint density at radius 1 is 1.33 bits per heavy atom. The Balaban J connectivity index is 2.46. The van der Waals surface area contributed by atoms with E-state index in [1.54, 1.807) is 23.7 Å². The van der Waals surface area contributed by atoms with Crippen molar-refractivity contribution in [3.8, 4) is 11.3 Å². The van der Waals surface area contributed by atoms with Gasteiger partial charge < -0.3 is 4.57 Å². The average Bonchev–Trinajstić information content (AvgIpc) is 2.72. The maximum Gasteiger partial charge on any atom is 0.269 e. The Kier molecular flexibility index (Phi) is 3.28. The number of hydrogen-bond acceptors (Lipinski definition) is 5. The Hall–Kier alpha value is -2.35. The van der Waals surface area contributed by atoms with Gasteiger partial charge in [0.1, 0.15) is 0 Å². The number of aromatic nitrogens is 1. The highest BCUT2D eigenvalue weighted by Crippen LogP contribution is 2.22. The van der Waals surface area contributed by atoms with Crippen LogP contribution in [0.5, 0.6) is 0 Å². The molecule has 0 bridgehead atoms. The van der Waals surface area contributed by atoms with E-state index in [1.807, 2.05) is 5.38 Å². The van der Waals surface area contributed by atoms with Crippen molar-refractivity contribution in [1.29, 1.82) is 0 Å². The van der Waals surface area contributed by atoms with Crippen molar-refractivity contribution >= 4 is 17.0 Å². The normalized spacial score (nSPS) is 11.5. The van der Waals surface area contributed by atoms with Gasteiger partial charge in [0.05, 0.1) is 15.9 Å². The Morgan fingerprint density at radius 3 is 2.56 bits per heavy atom. The molecule has 0 saturated heterocycles. The fourth-order valence-corrected chi connectivity index (χ4v) is 2.36. The number of benzene rings is 1. The summed E-state index contributed by atoms with van der Waals surface area (Å²) < 4.78 is 1.70. The minimum atomic E-state index is -0.450. The van der Waals surface area contributed by atoms with Gasteiger partial charge in [-0.1, -0.05) is 5.10 Å². The number of rotatable bonds is 3. The van der Waals surface area contributed by atoms with Crippen LogP contribution in [0, 0.1) is 15.0 Å². The monoisotopic (exact) mass is 264 g/mol. The molecule has 2 rings (SSSR count). The summed E-state index contributed by atoms with van der Waals surface area (Å²) in [6.45, 7) is 0. The fraction of sp³-hybridized carbons (Fsp3) is 0.100. The van der Waals surface area contributed by atoms with Crippen molar-refractivity contribution in [3.63, 3.8) is 0 Å². The van der Waals surface area contributed by atoms with Gasteiger partial charge in [-0.2, -0.15) is 0 Å². The van der Waals surface area contributed by atoms with Gasteiger partial charge >= 0.3 is 0 Å². The summed E-state index contributed by atoms with van der Waals surface area (Å²) in [4.78, 5) is 20.7. The molecule has 0 aliphatic carbocycles. The van der Waals surface area contributed by atoms with E-state index in [0.29, 0.717) is 4.80 Å². The first kappa shape index (κ1) is 12.1. The predicted octanol–water partition coefficient (Wildman–Crippen LogP) is 2.24. The first-order chi connectivity index (χ1) is 8.63. The third-order valence-electron chi connectivity index (χ3n) is 2.42. The second kappa shape index (κ2) is 4.88. The Morgan fingerprint density at radius 2 is 2.00 bits per heavy atom. The van der Waals surface area contributed by atoms with Gasteiger partial charge in [0.2, 0.25) is 4.80 Å². The molecule has 0 saturated carbocycles. The number of nitroso groups, excluding NO2 is 1. The molecule has 0 spiro atoms. The van der Waals surface area contributed by atoms with Crippen LogP contribution in [0.25, 0.3) is 11.3 Å². The highest BCUT2D eigenvalue weighted by Gasteiger charge is 2.08. The summed E-state index contributed by atoms with van der Waals surface area (Å²) in [6.07, 6.45) is 0. The molecule has 0 radical (unpaired) electrons. The zero-order valence-corrected chi connectivity index (χ0v) is 10.1. The largest absolute Gasteiger partial charge is 0.318 e. The summed E-state index contributed by atoms with van der Waals surface area (Å²) in [5.41, 5.74) is 1.67. The summed E-state index contributed by atoms with van der Waals surface area (Å²) in [7, 11) is 1.75. The van der Waals surface area contributed by atoms with Crippen LogP contribution in [-0.4, -0.2) is 9.49 Å². The van der Waals surface area contributed by atoms with Crippen molar-refractivity contribution in [1.82, 2.24) is 4.57 Å². The van der Waals surface area contributed by atoms with Crippen LogP contribution < -0.4 is 4.80 Å². The van der Waals surface area contributed by atoms with Crippen LogP contribution in [0.2, 0.25) is 0 Å². The molecule has 0 fully saturated rings. The van der Waals surface area contributed by atoms with Crippen LogP contribution in [0.3, 0.4) is 0 Å². The highest BCUT2D eigenvalue weighted by atomic mass is 32.1. The van der Waals surface area contributed by atoms with Gasteiger partial charge in [-0.05, 0) is 17.7 Å². The van der Waals surface area contributed by atoms with Gasteiger partial charge in [0, 0.05) is 24.6 Å². The average molecular weight is 264 g/mol. The zero-order chi connectivity index (χ0) is 13.1. The van der Waals surface area contributed by atoms with Crippen LogP contribution in [0.1, 0.15) is 0 Å². The van der Waals surface area contributed by atoms with Crippen LogP contribution in [-0.2, 0) is 7.05 Å². The quantitative estimate of drug-likeness (QED) is 0.483. The third kappa shape index (κ3) is 2.18. The Bertz CT molecular complexity index is 657. The molecule has 0 aliphatic rings. The van der Waals surface area contributed by atoms with E-state index >= 15 is 0 Å². The van der Waals surface area contributed by atoms with Crippen LogP contribution >= 0.6 is 11.3 Å². The van der Waals surface area contributed by atoms with E-state index in [-0.39, 0.29) is 5.69 Å². The minimum Gasteiger partial charge on any atom is -0.318 e. The number of non-ortho nitro benzene ring substituents is 1. The molecular formula is C10H8N4O3S. The third-order valence-corrected chi connectivity index (χ3v) is 3.33. The van der Waals surface area contributed by atoms with Gasteiger partial charge in [-0.3, -0.25) is 10.1 Å². The van der Waals surface area contributed by atoms with Crippen LogP contribution in [0.4, 0.5) is 5.69 Å². The standard InChI is InChI=1S/C10H8N4O3S/c1-13-9(6-18-10(13)11-12-15)7-2-4-8(5-3-7)14(16)17/h2-6H,1H3/b11-10-. The number of nitro benzene ring substituents is 1. The maximum absolute atomic E-state index is 10.5. The summed E-state index contributed by atoms with van der Waals surface area (Å²) >= 11 is 1.27. The lowest BCUT2D eigenvalue weighted by Gasteiger charge is -2.01. The fourth-order valence-electron chi connectivity index (χ4n) is 1.51. The van der Waals surface area contributed by atoms with Crippen LogP contribution in [0.15, 0.2) is 40.0 Å². The predicted molar refractivity (Wildman–Crippen MR) is 66.7 cm³/mol. The molecule has 0 aliphatic heterocycles. The molecular weight excluding hydrogens is 256 g/mol. The molecule has 1 aromatic heterocycles. The maximum atomic E-state index is 10.5. The lowest BCUT2D eigenvalue weighted by atomic mass is 10.1. The molecule has 2 aromatic rings. The number of nitrogens with zero attached hydrogens (tertiary/aromatic N) is 4. The molecule has 1 aromatic carbocycles. The van der Waals surface area contributed by atoms with Gasteiger partial charge in [0.15, 0.2) is 0 Å². The number of nitro groups is 1. The molecule has 18 heavy (non-hydrogen) atoms. The smallest absolute Gasteiger partial charge is 0.269 e. The lowest BCUT2D eigenvalue weighted by Crippen LogP contribution is -2.10. The second-order valence-electron chi connectivity index (χ2n) is 3.45. The molecule has 0 N–H and O–H groups in total. The van der Waals surface area contributed by atoms with E-state index in [4.69, 9.17) is 0 Å².